The van der Waals surface area contributed by atoms with Crippen molar-refractivity contribution in [2.45, 2.75) is 64.9 Å². The number of ether oxygens (including phenoxy) is 4. The standard InChI is InChI=1S/C50H69F2N7O12S/c1-50(2,3)48(41-28-36(38-29-37(51)10-11-39(38)52)31-57(41)30-35-8-5-4-6-9-35)58(19-7-16-53)46(64)34-72-33-40(49(67)55-17-14-47(65)66)56-42(60)15-20-68-22-24-70-26-27-71-25-23-69-21-18-54-43(61)32-59-44(62)12-13-45(59)63/h4-6,8-13,28-29,31,40,42,48,56,60H,7,14-27,30,32-34,53H2,1-3H3,(H,54,61)(H,55,67)(H,65,66)/t40-,42?,48-/m0/s1. The molecular formula is C50H69F2N7O12S. The molecule has 22 heteroatoms. The molecule has 3 atom stereocenters. The molecule has 1 unspecified atom stereocenters. The highest BCUT2D eigenvalue weighted by Gasteiger charge is 2.37. The monoisotopic (exact) mass is 1030 g/mol. The molecule has 5 amide bonds. The number of halogens is 2. The van der Waals surface area contributed by atoms with Crippen LogP contribution in [0.2, 0.25) is 0 Å². The van der Waals surface area contributed by atoms with E-state index < -0.39 is 65.0 Å². The summed E-state index contributed by atoms with van der Waals surface area (Å²) in [6.07, 6.45) is 3.04. The topological polar surface area (TPSA) is 253 Å². The molecule has 72 heavy (non-hydrogen) atoms. The number of amides is 5. The Morgan fingerprint density at radius 1 is 0.847 bits per heavy atom. The molecule has 19 nitrogen and oxygen atoms in total. The number of thioether (sulfide) groups is 1. The van der Waals surface area contributed by atoms with Crippen LogP contribution in [0.1, 0.15) is 57.3 Å². The molecule has 0 fully saturated rings. The van der Waals surface area contributed by atoms with Crippen LogP contribution in [0.15, 0.2) is 72.9 Å². The highest BCUT2D eigenvalue weighted by Crippen LogP contribution is 2.41. The number of nitrogens with one attached hydrogen (secondary N) is 3. The van der Waals surface area contributed by atoms with Crippen molar-refractivity contribution >= 4 is 47.3 Å². The Kier molecular flexibility index (Phi) is 25.5. The molecule has 7 N–H and O–H groups in total. The summed E-state index contributed by atoms with van der Waals surface area (Å²) < 4.78 is 53.6. The number of hydrogen-bond donors (Lipinski definition) is 6. The molecule has 4 rings (SSSR count). The van der Waals surface area contributed by atoms with Gasteiger partial charge in [0.15, 0.2) is 0 Å². The Morgan fingerprint density at radius 3 is 2.11 bits per heavy atom. The van der Waals surface area contributed by atoms with E-state index in [1.807, 2.05) is 55.7 Å². The van der Waals surface area contributed by atoms with Gasteiger partial charge < -0.3 is 55.0 Å². The Balaban J connectivity index is 1.26. The van der Waals surface area contributed by atoms with Crippen LogP contribution >= 0.6 is 11.8 Å². The van der Waals surface area contributed by atoms with Gasteiger partial charge in [0.05, 0.1) is 77.1 Å². The molecule has 0 spiro atoms. The van der Waals surface area contributed by atoms with E-state index in [2.05, 4.69) is 16.0 Å². The highest BCUT2D eigenvalue weighted by atomic mass is 32.2. The zero-order chi connectivity index (χ0) is 52.5. The van der Waals surface area contributed by atoms with Crippen LogP contribution < -0.4 is 21.7 Å². The van der Waals surface area contributed by atoms with Crippen molar-refractivity contribution in [3.8, 4) is 11.1 Å². The van der Waals surface area contributed by atoms with E-state index in [0.717, 1.165) is 52.6 Å². The maximum atomic E-state index is 15.2. The predicted octanol–water partition coefficient (Wildman–Crippen LogP) is 2.84. The van der Waals surface area contributed by atoms with E-state index in [1.165, 1.54) is 0 Å². The van der Waals surface area contributed by atoms with Crippen LogP contribution in [0.4, 0.5) is 8.78 Å². The van der Waals surface area contributed by atoms with Crippen molar-refractivity contribution < 1.29 is 66.7 Å². The molecular weight excluding hydrogens is 961 g/mol. The van der Waals surface area contributed by atoms with Gasteiger partial charge in [0.2, 0.25) is 17.7 Å². The van der Waals surface area contributed by atoms with Gasteiger partial charge in [0.25, 0.3) is 11.8 Å². The van der Waals surface area contributed by atoms with E-state index in [9.17, 15) is 38.3 Å². The van der Waals surface area contributed by atoms with E-state index >= 15 is 4.39 Å². The average molecular weight is 1030 g/mol. The molecule has 0 aliphatic carbocycles. The summed E-state index contributed by atoms with van der Waals surface area (Å²) in [6, 6.07) is 13.1. The smallest absolute Gasteiger partial charge is 0.305 e. The quantitative estimate of drug-likeness (QED) is 0.0282. The van der Waals surface area contributed by atoms with Gasteiger partial charge in [-0.2, -0.15) is 0 Å². The molecule has 0 radical (unpaired) electrons. The number of aromatic nitrogens is 1. The Morgan fingerprint density at radius 2 is 1.49 bits per heavy atom. The maximum absolute atomic E-state index is 15.2. The number of imide groups is 1. The number of aliphatic hydroxyl groups is 1. The first-order valence-corrected chi connectivity index (χ1v) is 25.0. The first kappa shape index (κ1) is 59.0. The zero-order valence-electron chi connectivity index (χ0n) is 41.2. The summed E-state index contributed by atoms with van der Waals surface area (Å²) in [5.74, 6) is -4.68. The molecule has 1 aromatic heterocycles. The van der Waals surface area contributed by atoms with E-state index in [-0.39, 0.29) is 108 Å². The Hall–Kier alpha value is -5.59. The van der Waals surface area contributed by atoms with Crippen molar-refractivity contribution in [3.05, 3.63) is 95.8 Å². The first-order valence-electron chi connectivity index (χ1n) is 23.8. The number of carbonyl (C=O) groups excluding carboxylic acids is 5. The molecule has 2 heterocycles. The number of carbonyl (C=O) groups is 6. The lowest BCUT2D eigenvalue weighted by Gasteiger charge is -2.41. The fourth-order valence-electron chi connectivity index (χ4n) is 7.55. The van der Waals surface area contributed by atoms with E-state index in [1.54, 1.807) is 17.2 Å². The second-order valence-electron chi connectivity index (χ2n) is 17.8. The number of aliphatic carboxylic acids is 1. The normalized spacial score (nSPS) is 13.8. The fraction of sp³-hybridized carbons (Fsp3) is 0.520. The third-order valence-corrected chi connectivity index (χ3v) is 12.0. The van der Waals surface area contributed by atoms with Gasteiger partial charge in [-0.05, 0) is 48.2 Å². The van der Waals surface area contributed by atoms with Gasteiger partial charge in [-0.15, -0.1) is 11.8 Å². The summed E-state index contributed by atoms with van der Waals surface area (Å²) in [4.78, 5) is 76.5. The molecule has 0 saturated carbocycles. The summed E-state index contributed by atoms with van der Waals surface area (Å²) in [7, 11) is 0. The van der Waals surface area contributed by atoms with Gasteiger partial charge in [-0.1, -0.05) is 51.1 Å². The SMILES string of the molecule is CC(C)(C)[C@H](c1cc(-c2cc(F)ccc2F)cn1Cc1ccccc1)N(CCCN)C(=O)CSC[C@H](NC(O)CCOCCOCCOCCOCCNC(=O)CN1C(=O)C=CC1=O)C(=O)NCCC(=O)O. The molecule has 2 aromatic carbocycles. The lowest BCUT2D eigenvalue weighted by Crippen LogP contribution is -2.50. The minimum Gasteiger partial charge on any atom is -0.481 e. The van der Waals surface area contributed by atoms with Crippen molar-refractivity contribution in [2.75, 3.05) is 97.1 Å². The minimum absolute atomic E-state index is 0.0342. The first-order chi connectivity index (χ1) is 34.5. The van der Waals surface area contributed by atoms with Gasteiger partial charge in [0.1, 0.15) is 24.4 Å². The second-order valence-corrected chi connectivity index (χ2v) is 18.8. The van der Waals surface area contributed by atoms with Gasteiger partial charge in [-0.25, -0.2) is 8.78 Å². The third-order valence-electron chi connectivity index (χ3n) is 11.0. The number of nitrogens with zero attached hydrogens (tertiary/aromatic N) is 3. The maximum Gasteiger partial charge on any atom is 0.305 e. The molecule has 1 aliphatic rings. The molecule has 3 aromatic rings. The van der Waals surface area contributed by atoms with Gasteiger partial charge >= 0.3 is 5.97 Å². The van der Waals surface area contributed by atoms with Gasteiger partial charge in [-0.3, -0.25) is 39.0 Å². The van der Waals surface area contributed by atoms with Crippen LogP contribution in [0.5, 0.6) is 0 Å². The Bertz CT molecular complexity index is 2230. The lowest BCUT2D eigenvalue weighted by atomic mass is 9.83. The van der Waals surface area contributed by atoms with Crippen molar-refractivity contribution in [1.82, 2.24) is 30.3 Å². The zero-order valence-corrected chi connectivity index (χ0v) is 42.0. The lowest BCUT2D eigenvalue weighted by molar-refractivity contribution is -0.141. The van der Waals surface area contributed by atoms with E-state index in [4.69, 9.17) is 29.8 Å². The third kappa shape index (κ3) is 20.5. The van der Waals surface area contributed by atoms with Crippen LogP contribution in [0.3, 0.4) is 0 Å². The van der Waals surface area contributed by atoms with Crippen molar-refractivity contribution in [2.24, 2.45) is 11.1 Å². The highest BCUT2D eigenvalue weighted by molar-refractivity contribution is 8.00. The van der Waals surface area contributed by atoms with Crippen molar-refractivity contribution in [3.63, 3.8) is 0 Å². The predicted molar refractivity (Wildman–Crippen MR) is 265 cm³/mol. The summed E-state index contributed by atoms with van der Waals surface area (Å²) >= 11 is 1.16. The number of aliphatic hydroxyl groups excluding tert-OH is 1. The minimum atomic E-state index is -1.20. The largest absolute Gasteiger partial charge is 0.481 e. The molecule has 396 valence electrons. The summed E-state index contributed by atoms with van der Waals surface area (Å²) in [5, 5.41) is 28.1. The Labute approximate surface area is 423 Å². The number of nitrogens with two attached hydrogens (primary N) is 1. The molecule has 0 bridgehead atoms. The van der Waals surface area contributed by atoms with Crippen LogP contribution in [-0.2, 0) is 54.3 Å². The number of carboxylic acids is 1. The number of benzene rings is 2. The number of rotatable bonds is 35. The van der Waals surface area contributed by atoms with Crippen LogP contribution in [-0.4, -0.2) is 169 Å². The number of hydrogen-bond acceptors (Lipinski definition) is 14. The summed E-state index contributed by atoms with van der Waals surface area (Å²) in [5.41, 5.74) is 7.60. The fourth-order valence-corrected chi connectivity index (χ4v) is 8.50. The number of carboxylic acid groups (broad SMARTS) is 1. The average Bonchev–Trinajstić information content (AvgIpc) is 3.88. The molecule has 1 aliphatic heterocycles. The van der Waals surface area contributed by atoms with Gasteiger partial charge in [0, 0.05) is 73.5 Å². The molecule has 0 saturated heterocycles. The van der Waals surface area contributed by atoms with Crippen molar-refractivity contribution in [1.29, 1.82) is 0 Å². The second kappa shape index (κ2) is 31.1. The van der Waals surface area contributed by atoms with Crippen LogP contribution in [0, 0.1) is 17.0 Å². The summed E-state index contributed by atoms with van der Waals surface area (Å²) in [6.45, 7) is 8.57. The van der Waals surface area contributed by atoms with Crippen LogP contribution in [0.25, 0.3) is 11.1 Å². The van der Waals surface area contributed by atoms with E-state index in [0.29, 0.717) is 37.4 Å².